The summed E-state index contributed by atoms with van der Waals surface area (Å²) >= 11 is 0. The van der Waals surface area contributed by atoms with E-state index in [4.69, 9.17) is 5.11 Å². The molecular weight excluding hydrogens is 192 g/mol. The predicted octanol–water partition coefficient (Wildman–Crippen LogP) is 0.406. The fourth-order valence-corrected chi connectivity index (χ4v) is 1.98. The van der Waals surface area contributed by atoms with Gasteiger partial charge in [-0.15, -0.1) is 0 Å². The number of rotatable bonds is 6. The Kier molecular flexibility index (Phi) is 5.65. The molecule has 15 heavy (non-hydrogen) atoms. The zero-order valence-corrected chi connectivity index (χ0v) is 9.46. The van der Waals surface area contributed by atoms with Gasteiger partial charge in [0.2, 0.25) is 5.91 Å². The predicted molar refractivity (Wildman–Crippen MR) is 59.6 cm³/mol. The largest absolute Gasteiger partial charge is 0.396 e. The Morgan fingerprint density at radius 1 is 1.67 bits per heavy atom. The molecule has 1 aliphatic rings. The first-order chi connectivity index (χ1) is 7.26. The van der Waals surface area contributed by atoms with Gasteiger partial charge in [-0.05, 0) is 32.2 Å². The maximum absolute atomic E-state index is 11.6. The summed E-state index contributed by atoms with van der Waals surface area (Å²) < 4.78 is 0. The molecule has 2 atom stereocenters. The van der Waals surface area contributed by atoms with E-state index in [1.807, 2.05) is 6.92 Å². The van der Waals surface area contributed by atoms with Crippen molar-refractivity contribution in [2.75, 3.05) is 13.2 Å². The third kappa shape index (κ3) is 4.62. The van der Waals surface area contributed by atoms with E-state index in [0.29, 0.717) is 18.9 Å². The number of aliphatic hydroxyl groups is 1. The van der Waals surface area contributed by atoms with Crippen LogP contribution in [0.25, 0.3) is 0 Å². The SMILES string of the molecule is CCC(CCO)NC(=O)CC1CCCN1. The zero-order chi connectivity index (χ0) is 11.1. The normalized spacial score (nSPS) is 22.7. The number of carbonyl (C=O) groups is 1. The Labute approximate surface area is 91.4 Å². The fourth-order valence-electron chi connectivity index (χ4n) is 1.98. The fraction of sp³-hybridized carbons (Fsp3) is 0.909. The van der Waals surface area contributed by atoms with Gasteiger partial charge in [-0.3, -0.25) is 4.79 Å². The van der Waals surface area contributed by atoms with Crippen molar-refractivity contribution in [3.63, 3.8) is 0 Å². The van der Waals surface area contributed by atoms with Crippen LogP contribution in [0.5, 0.6) is 0 Å². The molecule has 4 heteroatoms. The molecule has 2 unspecified atom stereocenters. The van der Waals surface area contributed by atoms with Gasteiger partial charge in [0, 0.05) is 25.1 Å². The Bertz CT molecular complexity index is 191. The Hall–Kier alpha value is -0.610. The van der Waals surface area contributed by atoms with Gasteiger partial charge in [-0.2, -0.15) is 0 Å². The third-order valence-corrected chi connectivity index (χ3v) is 2.93. The number of nitrogens with one attached hydrogen (secondary N) is 2. The van der Waals surface area contributed by atoms with Gasteiger partial charge in [0.25, 0.3) is 0 Å². The van der Waals surface area contributed by atoms with Crippen molar-refractivity contribution >= 4 is 5.91 Å². The van der Waals surface area contributed by atoms with E-state index >= 15 is 0 Å². The minimum absolute atomic E-state index is 0.106. The highest BCUT2D eigenvalue weighted by molar-refractivity contribution is 5.76. The Morgan fingerprint density at radius 3 is 3.00 bits per heavy atom. The molecule has 1 saturated heterocycles. The molecule has 0 radical (unpaired) electrons. The molecule has 1 heterocycles. The minimum atomic E-state index is 0.106. The topological polar surface area (TPSA) is 61.4 Å². The monoisotopic (exact) mass is 214 g/mol. The van der Waals surface area contributed by atoms with Crippen molar-refractivity contribution < 1.29 is 9.90 Å². The van der Waals surface area contributed by atoms with E-state index < -0.39 is 0 Å². The number of aliphatic hydroxyl groups excluding tert-OH is 1. The van der Waals surface area contributed by atoms with E-state index in [1.54, 1.807) is 0 Å². The number of hydrogen-bond donors (Lipinski definition) is 3. The molecule has 1 rings (SSSR count). The van der Waals surface area contributed by atoms with Gasteiger partial charge in [-0.1, -0.05) is 6.92 Å². The van der Waals surface area contributed by atoms with Crippen LogP contribution >= 0.6 is 0 Å². The van der Waals surface area contributed by atoms with Gasteiger partial charge < -0.3 is 15.7 Å². The smallest absolute Gasteiger partial charge is 0.221 e. The van der Waals surface area contributed by atoms with Crippen molar-refractivity contribution in [1.82, 2.24) is 10.6 Å². The van der Waals surface area contributed by atoms with Crippen LogP contribution in [0.15, 0.2) is 0 Å². The molecule has 3 N–H and O–H groups in total. The van der Waals surface area contributed by atoms with Gasteiger partial charge in [0.1, 0.15) is 0 Å². The van der Waals surface area contributed by atoms with Crippen molar-refractivity contribution in [3.8, 4) is 0 Å². The lowest BCUT2D eigenvalue weighted by Crippen LogP contribution is -2.38. The molecular formula is C11H22N2O2. The highest BCUT2D eigenvalue weighted by atomic mass is 16.3. The molecule has 0 aromatic heterocycles. The molecule has 0 saturated carbocycles. The van der Waals surface area contributed by atoms with Crippen molar-refractivity contribution in [3.05, 3.63) is 0 Å². The highest BCUT2D eigenvalue weighted by Gasteiger charge is 2.18. The van der Waals surface area contributed by atoms with Gasteiger partial charge in [-0.25, -0.2) is 0 Å². The molecule has 0 aromatic rings. The summed E-state index contributed by atoms with van der Waals surface area (Å²) in [6.45, 7) is 3.20. The summed E-state index contributed by atoms with van der Waals surface area (Å²) in [7, 11) is 0. The van der Waals surface area contributed by atoms with Crippen molar-refractivity contribution in [1.29, 1.82) is 0 Å². The summed E-state index contributed by atoms with van der Waals surface area (Å²) in [5.74, 6) is 0.106. The van der Waals surface area contributed by atoms with E-state index in [2.05, 4.69) is 10.6 Å². The summed E-state index contributed by atoms with van der Waals surface area (Å²) in [5.41, 5.74) is 0. The molecule has 0 aromatic carbocycles. The highest BCUT2D eigenvalue weighted by Crippen LogP contribution is 2.08. The summed E-state index contributed by atoms with van der Waals surface area (Å²) in [4.78, 5) is 11.6. The second-order valence-corrected chi connectivity index (χ2v) is 4.18. The van der Waals surface area contributed by atoms with Crippen LogP contribution in [-0.4, -0.2) is 36.2 Å². The van der Waals surface area contributed by atoms with Crippen molar-refractivity contribution in [2.24, 2.45) is 0 Å². The zero-order valence-electron chi connectivity index (χ0n) is 9.46. The molecule has 0 aliphatic carbocycles. The van der Waals surface area contributed by atoms with Crippen LogP contribution in [0.4, 0.5) is 0 Å². The lowest BCUT2D eigenvalue weighted by atomic mass is 10.1. The molecule has 0 bridgehead atoms. The van der Waals surface area contributed by atoms with Crippen LogP contribution in [0, 0.1) is 0 Å². The number of hydrogen-bond acceptors (Lipinski definition) is 3. The van der Waals surface area contributed by atoms with Crippen molar-refractivity contribution in [2.45, 2.75) is 51.1 Å². The molecule has 1 fully saturated rings. The van der Waals surface area contributed by atoms with Gasteiger partial charge in [0.05, 0.1) is 0 Å². The standard InChI is InChI=1S/C11H22N2O2/c1-2-9(5-7-14)13-11(15)8-10-4-3-6-12-10/h9-10,12,14H,2-8H2,1H3,(H,13,15). The lowest BCUT2D eigenvalue weighted by molar-refractivity contribution is -0.122. The average molecular weight is 214 g/mol. The number of amides is 1. The molecule has 1 aliphatic heterocycles. The molecule has 0 spiro atoms. The quantitative estimate of drug-likeness (QED) is 0.600. The minimum Gasteiger partial charge on any atom is -0.396 e. The Morgan fingerprint density at radius 2 is 2.47 bits per heavy atom. The maximum atomic E-state index is 11.6. The van der Waals surface area contributed by atoms with Crippen LogP contribution in [0.3, 0.4) is 0 Å². The molecule has 4 nitrogen and oxygen atoms in total. The van der Waals surface area contributed by atoms with E-state index in [-0.39, 0.29) is 18.6 Å². The lowest BCUT2D eigenvalue weighted by Gasteiger charge is -2.17. The first kappa shape index (κ1) is 12.5. The summed E-state index contributed by atoms with van der Waals surface area (Å²) in [5, 5.41) is 15.1. The summed E-state index contributed by atoms with van der Waals surface area (Å²) in [6, 6.07) is 0.487. The number of carbonyl (C=O) groups excluding carboxylic acids is 1. The van der Waals surface area contributed by atoms with Crippen LogP contribution in [0.2, 0.25) is 0 Å². The van der Waals surface area contributed by atoms with Crippen LogP contribution in [-0.2, 0) is 4.79 Å². The first-order valence-electron chi connectivity index (χ1n) is 5.89. The molecule has 88 valence electrons. The molecule has 1 amide bonds. The van der Waals surface area contributed by atoms with Crippen LogP contribution < -0.4 is 10.6 Å². The second kappa shape index (κ2) is 6.80. The van der Waals surface area contributed by atoms with Gasteiger partial charge in [0.15, 0.2) is 0 Å². The van der Waals surface area contributed by atoms with E-state index in [9.17, 15) is 4.79 Å². The average Bonchev–Trinajstić information content (AvgIpc) is 2.69. The Balaban J connectivity index is 2.20. The van der Waals surface area contributed by atoms with Gasteiger partial charge >= 0.3 is 0 Å². The van der Waals surface area contributed by atoms with Crippen LogP contribution in [0.1, 0.15) is 39.0 Å². The maximum Gasteiger partial charge on any atom is 0.221 e. The first-order valence-corrected chi connectivity index (χ1v) is 5.89. The van der Waals surface area contributed by atoms with E-state index in [0.717, 1.165) is 19.4 Å². The van der Waals surface area contributed by atoms with E-state index in [1.165, 1.54) is 6.42 Å². The second-order valence-electron chi connectivity index (χ2n) is 4.18. The summed E-state index contributed by atoms with van der Waals surface area (Å²) in [6.07, 6.45) is 4.38. The third-order valence-electron chi connectivity index (χ3n) is 2.93.